The van der Waals surface area contributed by atoms with E-state index in [0.29, 0.717) is 17.9 Å². The molecule has 2 aromatic carbocycles. The zero-order valence-electron chi connectivity index (χ0n) is 13.0. The van der Waals surface area contributed by atoms with Crippen molar-refractivity contribution in [3.05, 3.63) is 70.7 Å². The van der Waals surface area contributed by atoms with Crippen LogP contribution in [0, 0.1) is 6.92 Å². The monoisotopic (exact) mass is 393 g/mol. The third-order valence-corrected chi connectivity index (χ3v) is 5.54. The van der Waals surface area contributed by atoms with Gasteiger partial charge in [-0.2, -0.15) is 0 Å². The number of allylic oxidation sites excluding steroid dienone is 1. The van der Waals surface area contributed by atoms with Gasteiger partial charge in [0.1, 0.15) is 0 Å². The minimum Gasteiger partial charge on any atom is -0.211 e. The molecule has 23 heavy (non-hydrogen) atoms. The van der Waals surface area contributed by atoms with Crippen molar-refractivity contribution in [2.45, 2.75) is 24.7 Å². The van der Waals surface area contributed by atoms with E-state index in [2.05, 4.69) is 27.2 Å². The van der Waals surface area contributed by atoms with Crippen LogP contribution in [0.2, 0.25) is 0 Å². The van der Waals surface area contributed by atoms with Crippen LogP contribution in [0.1, 0.15) is 24.0 Å². The molecule has 0 aliphatic rings. The van der Waals surface area contributed by atoms with Gasteiger partial charge in [0.2, 0.25) is 10.0 Å². The zero-order chi connectivity index (χ0) is 16.9. The Morgan fingerprint density at radius 2 is 1.70 bits per heavy atom. The predicted octanol–water partition coefficient (Wildman–Crippen LogP) is 4.53. The van der Waals surface area contributed by atoms with Gasteiger partial charge in [0.25, 0.3) is 0 Å². The molecule has 0 aliphatic heterocycles. The van der Waals surface area contributed by atoms with E-state index in [0.717, 1.165) is 27.6 Å². The Balaban J connectivity index is 1.83. The van der Waals surface area contributed by atoms with Gasteiger partial charge in [-0.3, -0.25) is 0 Å². The lowest BCUT2D eigenvalue weighted by Gasteiger charge is -2.09. The number of hydrogen-bond donors (Lipinski definition) is 1. The van der Waals surface area contributed by atoms with E-state index >= 15 is 0 Å². The lowest BCUT2D eigenvalue weighted by molar-refractivity contribution is 0.579. The lowest BCUT2D eigenvalue weighted by Crippen LogP contribution is -2.24. The van der Waals surface area contributed by atoms with Crippen molar-refractivity contribution in [3.63, 3.8) is 0 Å². The van der Waals surface area contributed by atoms with Crippen LogP contribution in [0.25, 0.3) is 5.57 Å². The van der Waals surface area contributed by atoms with E-state index in [4.69, 9.17) is 0 Å². The number of rotatable bonds is 7. The molecular weight excluding hydrogens is 374 g/mol. The Morgan fingerprint density at radius 1 is 1.09 bits per heavy atom. The maximum absolute atomic E-state index is 12.2. The number of hydrogen-bond acceptors (Lipinski definition) is 2. The quantitative estimate of drug-likeness (QED) is 0.702. The number of nitrogens with one attached hydrogen (secondary N) is 1. The molecule has 3 nitrogen and oxygen atoms in total. The highest BCUT2D eigenvalue weighted by Gasteiger charge is 2.12. The Kier molecular flexibility index (Phi) is 6.16. The van der Waals surface area contributed by atoms with Crippen molar-refractivity contribution in [1.82, 2.24) is 4.72 Å². The number of halogens is 1. The summed E-state index contributed by atoms with van der Waals surface area (Å²) in [5.74, 6) is 0. The average Bonchev–Trinajstić information content (AvgIpc) is 2.52. The minimum atomic E-state index is -3.43. The first-order valence-electron chi connectivity index (χ1n) is 7.38. The lowest BCUT2D eigenvalue weighted by atomic mass is 10.0. The van der Waals surface area contributed by atoms with Crippen molar-refractivity contribution >= 4 is 31.5 Å². The molecule has 5 heteroatoms. The fourth-order valence-electron chi connectivity index (χ4n) is 2.14. The molecule has 0 heterocycles. The van der Waals surface area contributed by atoms with Crippen molar-refractivity contribution in [1.29, 1.82) is 0 Å². The number of sulfonamides is 1. The molecule has 0 bridgehead atoms. The summed E-state index contributed by atoms with van der Waals surface area (Å²) in [5.41, 5.74) is 3.12. The van der Waals surface area contributed by atoms with Crippen molar-refractivity contribution in [3.8, 4) is 0 Å². The van der Waals surface area contributed by atoms with E-state index in [-0.39, 0.29) is 0 Å². The molecule has 0 radical (unpaired) electrons. The largest absolute Gasteiger partial charge is 0.240 e. The zero-order valence-corrected chi connectivity index (χ0v) is 15.5. The van der Waals surface area contributed by atoms with Crippen LogP contribution in [0.5, 0.6) is 0 Å². The van der Waals surface area contributed by atoms with E-state index in [1.165, 1.54) is 0 Å². The number of benzene rings is 2. The molecular formula is C18H20BrNO2S. The molecule has 2 aromatic rings. The Bertz CT molecular complexity index is 766. The summed E-state index contributed by atoms with van der Waals surface area (Å²) in [5, 5.41) is 0. The molecule has 0 unspecified atom stereocenters. The van der Waals surface area contributed by atoms with Crippen LogP contribution in [0.3, 0.4) is 0 Å². The summed E-state index contributed by atoms with van der Waals surface area (Å²) in [6.45, 7) is 6.39. The molecule has 0 spiro atoms. The first kappa shape index (κ1) is 17.9. The van der Waals surface area contributed by atoms with E-state index in [1.54, 1.807) is 24.3 Å². The van der Waals surface area contributed by atoms with E-state index < -0.39 is 10.0 Å². The van der Waals surface area contributed by atoms with Crippen molar-refractivity contribution in [2.75, 3.05) is 6.54 Å². The number of aryl methyl sites for hydroxylation is 1. The molecule has 0 aliphatic carbocycles. The predicted molar refractivity (Wildman–Crippen MR) is 98.8 cm³/mol. The normalized spacial score (nSPS) is 11.4. The van der Waals surface area contributed by atoms with Gasteiger partial charge in [0.15, 0.2) is 0 Å². The highest BCUT2D eigenvalue weighted by atomic mass is 79.9. The van der Waals surface area contributed by atoms with Gasteiger partial charge in [-0.15, -0.1) is 0 Å². The van der Waals surface area contributed by atoms with Gasteiger partial charge in [-0.25, -0.2) is 13.1 Å². The Hall–Kier alpha value is -1.43. The molecule has 0 aromatic heterocycles. The molecule has 0 amide bonds. The fraction of sp³-hybridized carbons (Fsp3) is 0.222. The summed E-state index contributed by atoms with van der Waals surface area (Å²) >= 11 is 3.40. The summed E-state index contributed by atoms with van der Waals surface area (Å²) in [4.78, 5) is 0.301. The maximum atomic E-state index is 12.2. The van der Waals surface area contributed by atoms with E-state index in [1.807, 2.05) is 31.2 Å². The Labute approximate surface area is 146 Å². The van der Waals surface area contributed by atoms with Gasteiger partial charge < -0.3 is 0 Å². The van der Waals surface area contributed by atoms with Crippen molar-refractivity contribution in [2.24, 2.45) is 0 Å². The minimum absolute atomic E-state index is 0.301. The van der Waals surface area contributed by atoms with Gasteiger partial charge in [0, 0.05) is 11.0 Å². The van der Waals surface area contributed by atoms with Crippen LogP contribution >= 0.6 is 15.9 Å². The van der Waals surface area contributed by atoms with Crippen LogP contribution in [-0.2, 0) is 10.0 Å². The molecule has 0 atom stereocenters. The van der Waals surface area contributed by atoms with Crippen molar-refractivity contribution < 1.29 is 8.42 Å². The summed E-state index contributed by atoms with van der Waals surface area (Å²) < 4.78 is 28.0. The summed E-state index contributed by atoms with van der Waals surface area (Å²) in [7, 11) is -3.43. The molecule has 2 rings (SSSR count). The molecule has 0 fully saturated rings. The van der Waals surface area contributed by atoms with Crippen LogP contribution < -0.4 is 4.72 Å². The highest BCUT2D eigenvalue weighted by molar-refractivity contribution is 9.10. The fourth-order valence-corrected chi connectivity index (χ4v) is 3.48. The second-order valence-corrected chi connectivity index (χ2v) is 8.11. The van der Waals surface area contributed by atoms with Crippen LogP contribution in [-0.4, -0.2) is 15.0 Å². The van der Waals surface area contributed by atoms with Gasteiger partial charge in [0.05, 0.1) is 4.90 Å². The topological polar surface area (TPSA) is 46.2 Å². The van der Waals surface area contributed by atoms with Gasteiger partial charge in [-0.05, 0) is 55.2 Å². The van der Waals surface area contributed by atoms with Crippen LogP contribution in [0.4, 0.5) is 0 Å². The smallest absolute Gasteiger partial charge is 0.211 e. The third kappa shape index (κ3) is 5.30. The first-order chi connectivity index (χ1) is 10.9. The SMILES string of the molecule is C=C(CCCNS(=O)(=O)c1ccc(C)cc1)c1ccc(Br)cc1. The average molecular weight is 394 g/mol. The second kappa shape index (κ2) is 7.90. The molecule has 1 N–H and O–H groups in total. The third-order valence-electron chi connectivity index (χ3n) is 3.53. The van der Waals surface area contributed by atoms with Gasteiger partial charge >= 0.3 is 0 Å². The molecule has 122 valence electrons. The summed E-state index contributed by atoms with van der Waals surface area (Å²) in [6, 6.07) is 14.8. The van der Waals surface area contributed by atoms with E-state index in [9.17, 15) is 8.42 Å². The standard InChI is InChI=1S/C18H20BrNO2S/c1-14-5-11-18(12-6-14)23(21,22)20-13-3-4-15(2)16-7-9-17(19)10-8-16/h5-12,20H,2-4,13H2,1H3. The van der Waals surface area contributed by atoms with Gasteiger partial charge in [-0.1, -0.05) is 52.3 Å². The second-order valence-electron chi connectivity index (χ2n) is 5.42. The highest BCUT2D eigenvalue weighted by Crippen LogP contribution is 2.20. The first-order valence-corrected chi connectivity index (χ1v) is 9.66. The molecule has 0 saturated carbocycles. The van der Waals surface area contributed by atoms with Crippen LogP contribution in [0.15, 0.2) is 64.5 Å². The maximum Gasteiger partial charge on any atom is 0.240 e. The summed E-state index contributed by atoms with van der Waals surface area (Å²) in [6.07, 6.45) is 1.46. The Morgan fingerprint density at radius 3 is 2.30 bits per heavy atom. The molecule has 0 saturated heterocycles.